The quantitative estimate of drug-likeness (QED) is 0.566. The maximum absolute atomic E-state index is 14.9. The molecule has 170 valence electrons. The topological polar surface area (TPSA) is 55.2 Å². The van der Waals surface area contributed by atoms with E-state index in [4.69, 9.17) is 9.72 Å². The molecule has 2 fully saturated rings. The number of piperidine rings is 1. The lowest BCUT2D eigenvalue weighted by Crippen LogP contribution is -2.48. The fourth-order valence-corrected chi connectivity index (χ4v) is 5.39. The molecule has 0 bridgehead atoms. The molecule has 2 saturated heterocycles. The van der Waals surface area contributed by atoms with E-state index < -0.39 is 0 Å². The van der Waals surface area contributed by atoms with Crippen molar-refractivity contribution in [3.05, 3.63) is 40.5 Å². The van der Waals surface area contributed by atoms with Gasteiger partial charge in [-0.05, 0) is 50.3 Å². The first kappa shape index (κ1) is 21.8. The van der Waals surface area contributed by atoms with Crippen LogP contribution in [-0.2, 0) is 11.8 Å². The summed E-state index contributed by atoms with van der Waals surface area (Å²) in [6, 6.07) is 4.49. The van der Waals surface area contributed by atoms with Crippen molar-refractivity contribution in [1.82, 2.24) is 19.9 Å². The van der Waals surface area contributed by atoms with Crippen molar-refractivity contribution in [1.29, 1.82) is 0 Å². The van der Waals surface area contributed by atoms with E-state index in [1.807, 2.05) is 30.8 Å². The number of fused-ring (bicyclic) bond motifs is 1. The van der Waals surface area contributed by atoms with Crippen LogP contribution in [0.15, 0.2) is 29.1 Å². The molecule has 1 aromatic carbocycles. The second-order valence-corrected chi connectivity index (χ2v) is 9.87. The Kier molecular flexibility index (Phi) is 6.18. The summed E-state index contributed by atoms with van der Waals surface area (Å²) >= 11 is 3.43. The van der Waals surface area contributed by atoms with Crippen LogP contribution in [0.3, 0.4) is 0 Å². The van der Waals surface area contributed by atoms with Gasteiger partial charge in [0, 0.05) is 67.1 Å². The Labute approximate surface area is 196 Å². The molecule has 0 unspecified atom stereocenters. The van der Waals surface area contributed by atoms with Crippen molar-refractivity contribution in [2.75, 3.05) is 31.2 Å². The smallest absolute Gasteiger partial charge is 0.150 e. The van der Waals surface area contributed by atoms with Crippen molar-refractivity contribution in [2.45, 2.75) is 44.7 Å². The number of halogens is 2. The molecular weight excluding hydrogens is 473 g/mol. The normalized spacial score (nSPS) is 18.6. The third kappa shape index (κ3) is 4.28. The molecule has 8 heteroatoms. The van der Waals surface area contributed by atoms with Gasteiger partial charge in [0.1, 0.15) is 11.3 Å². The minimum absolute atomic E-state index is 0.303. The average Bonchev–Trinajstić information content (AvgIpc) is 3.21. The highest BCUT2D eigenvalue weighted by Crippen LogP contribution is 2.38. The zero-order valence-electron chi connectivity index (χ0n) is 18.6. The number of anilines is 1. The van der Waals surface area contributed by atoms with E-state index in [9.17, 15) is 4.39 Å². The van der Waals surface area contributed by atoms with Gasteiger partial charge >= 0.3 is 0 Å². The predicted octanol–water partition coefficient (Wildman–Crippen LogP) is 4.58. The monoisotopic (exact) mass is 501 g/mol. The lowest BCUT2D eigenvalue weighted by molar-refractivity contribution is 0.0738. The van der Waals surface area contributed by atoms with Crippen LogP contribution in [0.4, 0.5) is 10.2 Å². The SMILES string of the molecule is Cc1c(-c2cn(C)cn2)c(N2CCC(NC3CCOCC3)CC2)nc2c(F)cc(Br)cc12. The van der Waals surface area contributed by atoms with Gasteiger partial charge in [-0.25, -0.2) is 14.4 Å². The summed E-state index contributed by atoms with van der Waals surface area (Å²) in [4.78, 5) is 11.8. The van der Waals surface area contributed by atoms with Gasteiger partial charge in [0.2, 0.25) is 0 Å². The summed E-state index contributed by atoms with van der Waals surface area (Å²) in [5.74, 6) is 0.529. The number of aromatic nitrogens is 3. The standard InChI is InChI=1S/C24H29BrFN5O/c1-15-19-11-16(25)12-20(26)23(19)29-24(22(15)21-13-30(2)14-27-21)31-7-3-17(4-8-31)28-18-5-9-32-10-6-18/h11-14,17-18,28H,3-10H2,1-2H3. The van der Waals surface area contributed by atoms with Crippen molar-refractivity contribution in [3.8, 4) is 11.3 Å². The molecular formula is C24H29BrFN5O. The predicted molar refractivity (Wildman–Crippen MR) is 129 cm³/mol. The number of aryl methyl sites for hydroxylation is 2. The highest BCUT2D eigenvalue weighted by Gasteiger charge is 2.27. The number of benzene rings is 1. The molecule has 0 saturated carbocycles. The molecule has 2 aromatic heterocycles. The second-order valence-electron chi connectivity index (χ2n) is 8.96. The molecule has 0 amide bonds. The first-order valence-electron chi connectivity index (χ1n) is 11.4. The van der Waals surface area contributed by atoms with Gasteiger partial charge in [-0.15, -0.1) is 0 Å². The van der Waals surface area contributed by atoms with Gasteiger partial charge in [0.05, 0.1) is 12.0 Å². The maximum atomic E-state index is 14.9. The lowest BCUT2D eigenvalue weighted by atomic mass is 9.98. The summed E-state index contributed by atoms with van der Waals surface area (Å²) in [5, 5.41) is 4.64. The van der Waals surface area contributed by atoms with E-state index in [1.165, 1.54) is 6.07 Å². The molecule has 0 aliphatic carbocycles. The first-order valence-corrected chi connectivity index (χ1v) is 12.2. The van der Waals surface area contributed by atoms with E-state index in [2.05, 4.69) is 31.1 Å². The van der Waals surface area contributed by atoms with Gasteiger partial charge in [0.25, 0.3) is 0 Å². The Morgan fingerprint density at radius 2 is 1.84 bits per heavy atom. The number of rotatable bonds is 4. The highest BCUT2D eigenvalue weighted by atomic mass is 79.9. The average molecular weight is 502 g/mol. The Hall–Kier alpha value is -2.03. The number of hydrogen-bond donors (Lipinski definition) is 1. The molecule has 0 spiro atoms. The summed E-state index contributed by atoms with van der Waals surface area (Å²) in [6.45, 7) is 5.52. The van der Waals surface area contributed by atoms with Crippen LogP contribution < -0.4 is 10.2 Å². The van der Waals surface area contributed by atoms with Crippen molar-refractivity contribution < 1.29 is 9.13 Å². The van der Waals surface area contributed by atoms with E-state index in [0.29, 0.717) is 22.1 Å². The van der Waals surface area contributed by atoms with Gasteiger partial charge in [-0.1, -0.05) is 15.9 Å². The van der Waals surface area contributed by atoms with Crippen molar-refractivity contribution in [2.24, 2.45) is 7.05 Å². The van der Waals surface area contributed by atoms with Crippen LogP contribution in [0.1, 0.15) is 31.2 Å². The molecule has 0 atom stereocenters. The molecule has 1 N–H and O–H groups in total. The zero-order valence-corrected chi connectivity index (χ0v) is 20.2. The third-order valence-corrected chi connectivity index (χ3v) is 7.15. The maximum Gasteiger partial charge on any atom is 0.150 e. The molecule has 32 heavy (non-hydrogen) atoms. The van der Waals surface area contributed by atoms with E-state index >= 15 is 0 Å². The Balaban J connectivity index is 1.47. The number of nitrogens with one attached hydrogen (secondary N) is 1. The Morgan fingerprint density at radius 3 is 2.53 bits per heavy atom. The number of ether oxygens (including phenoxy) is 1. The zero-order chi connectivity index (χ0) is 22.2. The van der Waals surface area contributed by atoms with E-state index in [1.54, 1.807) is 6.33 Å². The van der Waals surface area contributed by atoms with Crippen LogP contribution in [-0.4, -0.2) is 52.9 Å². The minimum atomic E-state index is -0.303. The Morgan fingerprint density at radius 1 is 1.12 bits per heavy atom. The van der Waals surface area contributed by atoms with Crippen LogP contribution in [0.2, 0.25) is 0 Å². The van der Waals surface area contributed by atoms with Crippen LogP contribution >= 0.6 is 15.9 Å². The molecule has 2 aliphatic heterocycles. The van der Waals surface area contributed by atoms with Crippen molar-refractivity contribution in [3.63, 3.8) is 0 Å². The highest BCUT2D eigenvalue weighted by molar-refractivity contribution is 9.10. The lowest BCUT2D eigenvalue weighted by Gasteiger charge is -2.37. The van der Waals surface area contributed by atoms with Gasteiger partial charge < -0.3 is 19.5 Å². The van der Waals surface area contributed by atoms with E-state index in [-0.39, 0.29) is 5.82 Å². The second kappa shape index (κ2) is 9.08. The summed E-state index contributed by atoms with van der Waals surface area (Å²) in [5.41, 5.74) is 3.29. The molecule has 6 nitrogen and oxygen atoms in total. The van der Waals surface area contributed by atoms with Gasteiger partial charge in [-0.3, -0.25) is 0 Å². The first-order chi connectivity index (χ1) is 15.5. The molecule has 5 rings (SSSR count). The van der Waals surface area contributed by atoms with Crippen LogP contribution in [0.25, 0.3) is 22.2 Å². The largest absolute Gasteiger partial charge is 0.381 e. The van der Waals surface area contributed by atoms with E-state index in [0.717, 1.165) is 80.0 Å². The number of hydrogen-bond acceptors (Lipinski definition) is 5. The summed E-state index contributed by atoms with van der Waals surface area (Å²) in [7, 11) is 1.96. The molecule has 4 heterocycles. The van der Waals surface area contributed by atoms with Gasteiger partial charge in [0.15, 0.2) is 5.82 Å². The van der Waals surface area contributed by atoms with Crippen LogP contribution in [0, 0.1) is 12.7 Å². The van der Waals surface area contributed by atoms with Crippen LogP contribution in [0.5, 0.6) is 0 Å². The van der Waals surface area contributed by atoms with Gasteiger partial charge in [-0.2, -0.15) is 0 Å². The Bertz CT molecular complexity index is 1120. The fourth-order valence-electron chi connectivity index (χ4n) is 4.96. The number of imidazole rings is 1. The minimum Gasteiger partial charge on any atom is -0.381 e. The molecule has 2 aliphatic rings. The number of nitrogens with zero attached hydrogens (tertiary/aromatic N) is 4. The molecule has 0 radical (unpaired) electrons. The summed E-state index contributed by atoms with van der Waals surface area (Å²) < 4.78 is 23.0. The number of pyridine rings is 1. The molecule has 3 aromatic rings. The summed E-state index contributed by atoms with van der Waals surface area (Å²) in [6.07, 6.45) is 8.07. The van der Waals surface area contributed by atoms with Crippen molar-refractivity contribution >= 4 is 32.7 Å². The third-order valence-electron chi connectivity index (χ3n) is 6.70. The fraction of sp³-hybridized carbons (Fsp3) is 0.500.